The third-order valence-corrected chi connectivity index (χ3v) is 15.5. The van der Waals surface area contributed by atoms with Gasteiger partial charge in [0.05, 0.1) is 0 Å². The van der Waals surface area contributed by atoms with Gasteiger partial charge < -0.3 is 9.81 Å². The maximum atomic E-state index is 12.6. The van der Waals surface area contributed by atoms with Crippen LogP contribution in [0, 0.1) is 14.3 Å². The van der Waals surface area contributed by atoms with Crippen LogP contribution < -0.4 is 47.7 Å². The van der Waals surface area contributed by atoms with E-state index in [1.54, 1.807) is 4.74 Å². The van der Waals surface area contributed by atoms with Gasteiger partial charge in [0.2, 0.25) is 0 Å². The van der Waals surface area contributed by atoms with Crippen LogP contribution in [-0.2, 0) is 45.9 Å². The Kier molecular flexibility index (Phi) is 19.6. The number of hydrogen-bond donors (Lipinski definition) is 0. The standard InChI is InChI=1S/2C20H26I.C4H2F8O7S2/c2*1-19(2,3)15-7-11-17(12-8-15)21-18-13-9-16(10-14-18)20(4,5)6;5-1(6,3(9,10)20-19-18-13)17-2(7,8)4(11,12)21(14,15)16/h2*7-14H,1-6H3;13H,(H,14,15,16)/q2*+1;/p-2. The van der Waals surface area contributed by atoms with Crippen molar-refractivity contribution in [2.75, 3.05) is 0 Å². The van der Waals surface area contributed by atoms with Crippen LogP contribution in [0.5, 0.6) is 0 Å². The average Bonchev–Trinajstić information content (AvgIpc) is 3.13. The van der Waals surface area contributed by atoms with Crippen LogP contribution in [-0.4, -0.2) is 35.7 Å². The molecule has 0 saturated heterocycles. The predicted molar refractivity (Wildman–Crippen MR) is 216 cm³/mol. The van der Waals surface area contributed by atoms with E-state index in [-0.39, 0.29) is 64.1 Å². The Morgan fingerprint density at radius 2 is 0.698 bits per heavy atom. The molecule has 4 aromatic rings. The first kappa shape index (κ1) is 57.0. The molecule has 0 aromatic heterocycles. The van der Waals surface area contributed by atoms with Crippen molar-refractivity contribution in [2.45, 2.75) is 127 Å². The lowest BCUT2D eigenvalue weighted by Crippen LogP contribution is -3.61. The van der Waals surface area contributed by atoms with Crippen LogP contribution in [0.2, 0.25) is 0 Å². The summed E-state index contributed by atoms with van der Waals surface area (Å²) in [5.74, 6) is 0. The number of alkyl halides is 8. The second-order valence-corrected chi connectivity index (χ2v) is 26.4. The highest BCUT2D eigenvalue weighted by Crippen LogP contribution is 2.50. The summed E-state index contributed by atoms with van der Waals surface area (Å²) in [4.78, 5) is 0. The minimum Gasteiger partial charge on any atom is -0.743 e. The Morgan fingerprint density at radius 3 is 0.889 bits per heavy atom. The van der Waals surface area contributed by atoms with Gasteiger partial charge in [-0.2, -0.15) is 39.5 Å². The highest BCUT2D eigenvalue weighted by Gasteiger charge is 2.72. The molecule has 0 fully saturated rings. The van der Waals surface area contributed by atoms with Gasteiger partial charge in [0.1, 0.15) is 12.0 Å². The van der Waals surface area contributed by atoms with E-state index in [1.165, 1.54) is 36.5 Å². The van der Waals surface area contributed by atoms with E-state index in [1.807, 2.05) is 0 Å². The van der Waals surface area contributed by atoms with E-state index in [0.29, 0.717) is 0 Å². The van der Waals surface area contributed by atoms with Gasteiger partial charge in [-0.05, 0) is 92.4 Å². The molecule has 0 aliphatic carbocycles. The molecule has 7 nitrogen and oxygen atoms in total. The lowest BCUT2D eigenvalue weighted by Gasteiger charge is -2.32. The molecular formula is C44H52F8I2O7S2. The van der Waals surface area contributed by atoms with Crippen LogP contribution in [0.15, 0.2) is 97.1 Å². The van der Waals surface area contributed by atoms with Crippen LogP contribution in [0.3, 0.4) is 0 Å². The Balaban J connectivity index is 0.000000325. The smallest absolute Gasteiger partial charge is 0.438 e. The zero-order chi connectivity index (χ0) is 48.7. The number of benzene rings is 4. The SMILES string of the molecule is CC(C)(C)c1ccc([I+]c2ccc(C(C)(C)C)cc2)cc1.CC(C)(C)c1ccc([I+]c2ccc(C(C)(C)C)cc2)cc1.O=S(=O)([O-])C(F)(F)C(F)(F)OC(F)(F)C(F)(F)SOO[O-]. The van der Waals surface area contributed by atoms with Crippen molar-refractivity contribution in [2.24, 2.45) is 0 Å². The molecule has 352 valence electrons. The van der Waals surface area contributed by atoms with Gasteiger partial charge in [-0.25, -0.2) is 13.2 Å². The van der Waals surface area contributed by atoms with Crippen molar-refractivity contribution in [3.63, 3.8) is 0 Å². The van der Waals surface area contributed by atoms with Crippen molar-refractivity contribution in [3.8, 4) is 0 Å². The van der Waals surface area contributed by atoms with E-state index in [2.05, 4.69) is 190 Å². The fourth-order valence-corrected chi connectivity index (χ4v) is 9.73. The van der Waals surface area contributed by atoms with E-state index < -0.39 is 44.9 Å². The monoisotopic (exact) mass is 1160 g/mol. The first-order valence-corrected chi connectivity index (χ1v) is 25.3. The number of halogens is 10. The molecule has 0 aliphatic rings. The van der Waals surface area contributed by atoms with Crippen molar-refractivity contribution >= 4 is 22.2 Å². The average molecular weight is 1160 g/mol. The van der Waals surface area contributed by atoms with Gasteiger partial charge >= 0.3 is 65.1 Å². The zero-order valence-electron chi connectivity index (χ0n) is 36.7. The van der Waals surface area contributed by atoms with Crippen LogP contribution >= 0.6 is 12.0 Å². The summed E-state index contributed by atoms with van der Waals surface area (Å²) in [5, 5.41) is -1.38. The Hall–Kier alpha value is -2.12. The Bertz CT molecular complexity index is 1920. The van der Waals surface area contributed by atoms with Crippen molar-refractivity contribution in [3.05, 3.63) is 134 Å². The van der Waals surface area contributed by atoms with E-state index >= 15 is 0 Å². The van der Waals surface area contributed by atoms with E-state index in [4.69, 9.17) is 5.26 Å². The van der Waals surface area contributed by atoms with Crippen molar-refractivity contribution in [1.82, 2.24) is 0 Å². The number of rotatable bonds is 12. The molecule has 0 saturated carbocycles. The quantitative estimate of drug-likeness (QED) is 0.0451. The molecular weight excluding hydrogens is 1110 g/mol. The normalized spacial score (nSPS) is 13.4. The summed E-state index contributed by atoms with van der Waals surface area (Å²) in [6.07, 6.45) is -13.3. The van der Waals surface area contributed by atoms with Crippen molar-refractivity contribution in [1.29, 1.82) is 0 Å². The topological polar surface area (TPSA) is 108 Å². The molecule has 4 aromatic carbocycles. The summed E-state index contributed by atoms with van der Waals surface area (Å²) in [5.41, 5.74) is 6.63. The lowest BCUT2D eigenvalue weighted by atomic mass is 9.87. The second kappa shape index (κ2) is 21.7. The molecule has 0 bridgehead atoms. The van der Waals surface area contributed by atoms with Crippen LogP contribution in [0.1, 0.15) is 105 Å². The minimum atomic E-state index is -7.24. The summed E-state index contributed by atoms with van der Waals surface area (Å²) >= 11 is -2.04. The van der Waals surface area contributed by atoms with Gasteiger partial charge in [-0.3, -0.25) is 5.04 Å². The zero-order valence-corrected chi connectivity index (χ0v) is 42.6. The molecule has 0 heterocycles. The third-order valence-electron chi connectivity index (χ3n) is 8.69. The fourth-order valence-electron chi connectivity index (χ4n) is 4.83. The van der Waals surface area contributed by atoms with Crippen LogP contribution in [0.4, 0.5) is 35.1 Å². The maximum absolute atomic E-state index is 12.6. The summed E-state index contributed by atoms with van der Waals surface area (Å²) in [7, 11) is -7.24. The summed E-state index contributed by atoms with van der Waals surface area (Å²) in [6.45, 7) is 27.2. The van der Waals surface area contributed by atoms with E-state index in [9.17, 15) is 48.1 Å². The second-order valence-electron chi connectivity index (χ2n) is 18.1. The molecule has 0 radical (unpaired) electrons. The molecule has 4 rings (SSSR count). The molecule has 0 N–H and O–H groups in total. The summed E-state index contributed by atoms with van der Waals surface area (Å²) < 4.78 is 140. The lowest BCUT2D eigenvalue weighted by molar-refractivity contribution is -0.777. The Labute approximate surface area is 390 Å². The predicted octanol–water partition coefficient (Wildman–Crippen LogP) is 5.61. The maximum Gasteiger partial charge on any atom is 0.438 e. The van der Waals surface area contributed by atoms with Gasteiger partial charge in [0.25, 0.3) is 0 Å². The van der Waals surface area contributed by atoms with Gasteiger partial charge in [0.15, 0.2) is 24.4 Å². The number of ether oxygens (including phenoxy) is 1. The molecule has 0 spiro atoms. The molecule has 19 heteroatoms. The molecule has 0 aliphatic heterocycles. The van der Waals surface area contributed by atoms with Gasteiger partial charge in [0, 0.05) is 0 Å². The molecule has 0 amide bonds. The molecule has 63 heavy (non-hydrogen) atoms. The van der Waals surface area contributed by atoms with Crippen LogP contribution in [0.25, 0.3) is 0 Å². The molecule has 0 unspecified atom stereocenters. The Morgan fingerprint density at radius 1 is 0.460 bits per heavy atom. The van der Waals surface area contributed by atoms with E-state index in [0.717, 1.165) is 0 Å². The van der Waals surface area contributed by atoms with Gasteiger partial charge in [-0.1, -0.05) is 132 Å². The third kappa shape index (κ3) is 17.2. The van der Waals surface area contributed by atoms with Crippen molar-refractivity contribution < 1.29 is 110 Å². The minimum absolute atomic E-state index is 0.0703. The highest BCUT2D eigenvalue weighted by atomic mass is 127. The number of hydrogen-bond acceptors (Lipinski definition) is 8. The summed E-state index contributed by atoms with van der Waals surface area (Å²) in [6, 6.07) is 36.8. The fraction of sp³-hybridized carbons (Fsp3) is 0.455. The highest BCUT2D eigenvalue weighted by molar-refractivity contribution is 7.95. The largest absolute Gasteiger partial charge is 0.743 e. The van der Waals surface area contributed by atoms with Gasteiger partial charge in [-0.15, -0.1) is 0 Å². The first-order chi connectivity index (χ1) is 28.3. The first-order valence-electron chi connectivity index (χ1n) is 18.9. The molecule has 0 atom stereocenters.